The van der Waals surface area contributed by atoms with Crippen LogP contribution in [0.2, 0.25) is 0 Å². The molecule has 72 valence electrons. The van der Waals surface area contributed by atoms with Gasteiger partial charge in [-0.2, -0.15) is 0 Å². The van der Waals surface area contributed by atoms with Gasteiger partial charge in [0.1, 0.15) is 0 Å². The third kappa shape index (κ3) is 1.80. The second-order valence-electron chi connectivity index (χ2n) is 4.84. The highest BCUT2D eigenvalue weighted by Gasteiger charge is 2.35. The van der Waals surface area contributed by atoms with E-state index in [1.54, 1.807) is 0 Å². The molecule has 0 aromatic carbocycles. The summed E-state index contributed by atoms with van der Waals surface area (Å²) >= 11 is 0. The fourth-order valence-corrected chi connectivity index (χ4v) is 2.19. The van der Waals surface area contributed by atoms with Crippen LogP contribution in [-0.2, 0) is 0 Å². The number of aliphatic hydroxyl groups is 1. The zero-order valence-corrected chi connectivity index (χ0v) is 8.67. The van der Waals surface area contributed by atoms with Gasteiger partial charge in [-0.1, -0.05) is 0 Å². The van der Waals surface area contributed by atoms with Crippen LogP contribution in [0.3, 0.4) is 0 Å². The van der Waals surface area contributed by atoms with Gasteiger partial charge in [0.05, 0.1) is 0 Å². The third-order valence-corrected chi connectivity index (χ3v) is 3.01. The maximum Gasteiger partial charge on any atom is 0.0474 e. The van der Waals surface area contributed by atoms with Crippen LogP contribution in [0.5, 0.6) is 0 Å². The summed E-state index contributed by atoms with van der Waals surface area (Å²) in [5.41, 5.74) is 0.253. The SMILES string of the molecule is CC1C(CO)CCN1C(C)(C)C. The fraction of sp³-hybridized carbons (Fsp3) is 1.00. The van der Waals surface area contributed by atoms with Crippen molar-refractivity contribution in [2.24, 2.45) is 5.92 Å². The molecule has 1 aliphatic rings. The van der Waals surface area contributed by atoms with Crippen molar-refractivity contribution in [1.29, 1.82) is 0 Å². The molecular formula is C10H21NO. The molecule has 2 unspecified atom stereocenters. The van der Waals surface area contributed by atoms with E-state index in [9.17, 15) is 0 Å². The van der Waals surface area contributed by atoms with Gasteiger partial charge in [0.15, 0.2) is 0 Å². The van der Waals surface area contributed by atoms with E-state index in [2.05, 4.69) is 32.6 Å². The Kier molecular flexibility index (Phi) is 2.79. The van der Waals surface area contributed by atoms with E-state index in [0.29, 0.717) is 18.6 Å². The monoisotopic (exact) mass is 171 g/mol. The minimum Gasteiger partial charge on any atom is -0.396 e. The molecule has 12 heavy (non-hydrogen) atoms. The summed E-state index contributed by atoms with van der Waals surface area (Å²) in [6, 6.07) is 0.537. The first-order valence-electron chi connectivity index (χ1n) is 4.84. The lowest BCUT2D eigenvalue weighted by Crippen LogP contribution is -2.44. The lowest BCUT2D eigenvalue weighted by molar-refractivity contribution is 0.101. The Bertz CT molecular complexity index is 150. The molecule has 2 nitrogen and oxygen atoms in total. The number of hydrogen-bond acceptors (Lipinski definition) is 2. The van der Waals surface area contributed by atoms with Crippen LogP contribution in [0, 0.1) is 5.92 Å². The van der Waals surface area contributed by atoms with Gasteiger partial charge in [0.25, 0.3) is 0 Å². The molecule has 0 aromatic heterocycles. The van der Waals surface area contributed by atoms with Gasteiger partial charge in [-0.3, -0.25) is 4.90 Å². The van der Waals surface area contributed by atoms with Crippen molar-refractivity contribution in [2.45, 2.75) is 45.7 Å². The molecule has 0 amide bonds. The molecule has 0 bridgehead atoms. The van der Waals surface area contributed by atoms with E-state index in [1.807, 2.05) is 0 Å². The Hall–Kier alpha value is -0.0800. The van der Waals surface area contributed by atoms with Crippen LogP contribution >= 0.6 is 0 Å². The van der Waals surface area contributed by atoms with Crippen molar-refractivity contribution in [3.8, 4) is 0 Å². The summed E-state index contributed by atoms with van der Waals surface area (Å²) in [5, 5.41) is 9.09. The lowest BCUT2D eigenvalue weighted by atomic mass is 10.0. The Labute approximate surface area is 75.6 Å². The van der Waals surface area contributed by atoms with Gasteiger partial charge >= 0.3 is 0 Å². The quantitative estimate of drug-likeness (QED) is 0.646. The zero-order valence-electron chi connectivity index (χ0n) is 8.67. The number of aliphatic hydroxyl groups excluding tert-OH is 1. The highest BCUT2D eigenvalue weighted by atomic mass is 16.3. The summed E-state index contributed by atoms with van der Waals surface area (Å²) in [4.78, 5) is 2.48. The van der Waals surface area contributed by atoms with E-state index >= 15 is 0 Å². The number of nitrogens with zero attached hydrogens (tertiary/aromatic N) is 1. The summed E-state index contributed by atoms with van der Waals surface area (Å²) in [6.07, 6.45) is 1.15. The smallest absolute Gasteiger partial charge is 0.0474 e. The zero-order chi connectivity index (χ0) is 9.35. The maximum absolute atomic E-state index is 9.09. The normalized spacial score (nSPS) is 32.8. The molecule has 2 heteroatoms. The van der Waals surface area contributed by atoms with E-state index in [1.165, 1.54) is 0 Å². The van der Waals surface area contributed by atoms with Gasteiger partial charge in [0.2, 0.25) is 0 Å². The molecule has 0 radical (unpaired) electrons. The first-order chi connectivity index (χ1) is 5.46. The minimum atomic E-state index is 0.253. The number of likely N-dealkylation sites (tertiary alicyclic amines) is 1. The summed E-state index contributed by atoms with van der Waals surface area (Å²) in [6.45, 7) is 10.4. The van der Waals surface area contributed by atoms with Crippen LogP contribution in [0.4, 0.5) is 0 Å². The fourth-order valence-electron chi connectivity index (χ4n) is 2.19. The molecule has 1 saturated heterocycles. The van der Waals surface area contributed by atoms with E-state index < -0.39 is 0 Å². The van der Waals surface area contributed by atoms with Crippen molar-refractivity contribution < 1.29 is 5.11 Å². The molecule has 0 spiro atoms. The molecule has 0 aromatic rings. The maximum atomic E-state index is 9.09. The van der Waals surface area contributed by atoms with Crippen molar-refractivity contribution in [3.05, 3.63) is 0 Å². The van der Waals surface area contributed by atoms with Crippen molar-refractivity contribution in [1.82, 2.24) is 4.90 Å². The van der Waals surface area contributed by atoms with Crippen molar-refractivity contribution in [3.63, 3.8) is 0 Å². The molecule has 1 rings (SSSR count). The molecule has 2 atom stereocenters. The van der Waals surface area contributed by atoms with Crippen LogP contribution < -0.4 is 0 Å². The highest BCUT2D eigenvalue weighted by Crippen LogP contribution is 2.29. The largest absolute Gasteiger partial charge is 0.396 e. The van der Waals surface area contributed by atoms with Gasteiger partial charge in [-0.05, 0) is 46.6 Å². The standard InChI is InChI=1S/C10H21NO/c1-8-9(7-12)5-6-11(8)10(2,3)4/h8-9,12H,5-7H2,1-4H3. The molecule has 1 heterocycles. The molecule has 1 aliphatic heterocycles. The topological polar surface area (TPSA) is 23.5 Å². The van der Waals surface area contributed by atoms with Gasteiger partial charge in [0, 0.05) is 18.2 Å². The van der Waals surface area contributed by atoms with Crippen LogP contribution in [-0.4, -0.2) is 34.7 Å². The minimum absolute atomic E-state index is 0.253. The Morgan fingerprint density at radius 1 is 1.42 bits per heavy atom. The molecular weight excluding hydrogens is 150 g/mol. The summed E-state index contributed by atoms with van der Waals surface area (Å²) in [7, 11) is 0. The first kappa shape index (κ1) is 10.0. The summed E-state index contributed by atoms with van der Waals surface area (Å²) in [5.74, 6) is 0.490. The molecule has 0 saturated carbocycles. The highest BCUT2D eigenvalue weighted by molar-refractivity contribution is 4.90. The van der Waals surface area contributed by atoms with Gasteiger partial charge in [-0.15, -0.1) is 0 Å². The number of hydrogen-bond donors (Lipinski definition) is 1. The lowest BCUT2D eigenvalue weighted by Gasteiger charge is -2.36. The third-order valence-electron chi connectivity index (χ3n) is 3.01. The predicted octanol–water partition coefficient (Wildman–Crippen LogP) is 1.49. The van der Waals surface area contributed by atoms with Gasteiger partial charge in [-0.25, -0.2) is 0 Å². The Morgan fingerprint density at radius 3 is 2.25 bits per heavy atom. The van der Waals surface area contributed by atoms with Crippen LogP contribution in [0.15, 0.2) is 0 Å². The van der Waals surface area contributed by atoms with E-state index in [4.69, 9.17) is 5.11 Å². The average molecular weight is 171 g/mol. The van der Waals surface area contributed by atoms with Crippen molar-refractivity contribution in [2.75, 3.05) is 13.2 Å². The number of rotatable bonds is 1. The second kappa shape index (κ2) is 3.35. The average Bonchev–Trinajstić information content (AvgIpc) is 2.29. The second-order valence-corrected chi connectivity index (χ2v) is 4.84. The molecule has 1 N–H and O–H groups in total. The molecule has 0 aliphatic carbocycles. The van der Waals surface area contributed by atoms with E-state index in [-0.39, 0.29) is 5.54 Å². The van der Waals surface area contributed by atoms with Crippen LogP contribution in [0.25, 0.3) is 0 Å². The Morgan fingerprint density at radius 2 is 2.00 bits per heavy atom. The predicted molar refractivity (Wildman–Crippen MR) is 51.1 cm³/mol. The Balaban J connectivity index is 2.61. The van der Waals surface area contributed by atoms with E-state index in [0.717, 1.165) is 13.0 Å². The first-order valence-corrected chi connectivity index (χ1v) is 4.84. The molecule has 1 fully saturated rings. The van der Waals surface area contributed by atoms with Crippen molar-refractivity contribution >= 4 is 0 Å². The van der Waals surface area contributed by atoms with Gasteiger partial charge < -0.3 is 5.11 Å². The summed E-state index contributed by atoms with van der Waals surface area (Å²) < 4.78 is 0. The van der Waals surface area contributed by atoms with Crippen LogP contribution in [0.1, 0.15) is 34.1 Å².